The molecule has 0 aliphatic heterocycles. The van der Waals surface area contributed by atoms with E-state index in [0.29, 0.717) is 5.75 Å². The minimum Gasteiger partial charge on any atom is -0.483 e. The lowest BCUT2D eigenvalue weighted by molar-refractivity contribution is -0.118. The topological polar surface area (TPSA) is 86.5 Å². The van der Waals surface area contributed by atoms with E-state index in [1.54, 1.807) is 6.07 Å². The van der Waals surface area contributed by atoms with Gasteiger partial charge in [-0.25, -0.2) is 4.39 Å². The Morgan fingerprint density at radius 2 is 1.69 bits per heavy atom. The number of fused-ring (bicyclic) bond motifs is 1. The maximum absolute atomic E-state index is 13.5. The predicted molar refractivity (Wildman–Crippen MR) is 103 cm³/mol. The number of hydrogen-bond donors (Lipinski definition) is 1. The molecule has 0 radical (unpaired) electrons. The summed E-state index contributed by atoms with van der Waals surface area (Å²) in [7, 11) is 0. The van der Waals surface area contributed by atoms with Crippen molar-refractivity contribution >= 4 is 22.7 Å². The summed E-state index contributed by atoms with van der Waals surface area (Å²) in [5.74, 6) is -0.241. The normalized spacial score (nSPS) is 10.7. The molecule has 0 atom stereocenters. The van der Waals surface area contributed by atoms with E-state index in [4.69, 9.17) is 13.9 Å². The molecule has 0 fully saturated rings. The van der Waals surface area contributed by atoms with Crippen LogP contribution in [0.4, 0.5) is 10.4 Å². The molecule has 4 rings (SSSR count). The molecule has 0 bridgehead atoms. The van der Waals surface area contributed by atoms with Gasteiger partial charge in [-0.3, -0.25) is 10.1 Å². The largest absolute Gasteiger partial charge is 0.483 e. The second-order valence-corrected chi connectivity index (χ2v) is 6.03. The Kier molecular flexibility index (Phi) is 5.33. The average molecular weight is 393 g/mol. The van der Waals surface area contributed by atoms with E-state index in [9.17, 15) is 9.18 Å². The lowest BCUT2D eigenvalue weighted by Gasteiger charge is -2.07. The van der Waals surface area contributed by atoms with E-state index in [2.05, 4.69) is 15.5 Å². The van der Waals surface area contributed by atoms with Gasteiger partial charge >= 0.3 is 6.01 Å². The monoisotopic (exact) mass is 393 g/mol. The van der Waals surface area contributed by atoms with Gasteiger partial charge in [0.05, 0.1) is 0 Å². The van der Waals surface area contributed by atoms with Crippen molar-refractivity contribution in [2.24, 2.45) is 0 Å². The molecule has 7 nitrogen and oxygen atoms in total. The lowest BCUT2D eigenvalue weighted by Crippen LogP contribution is -2.20. The molecule has 3 aromatic carbocycles. The van der Waals surface area contributed by atoms with E-state index in [0.717, 1.165) is 10.8 Å². The van der Waals surface area contributed by atoms with Crippen molar-refractivity contribution in [1.82, 2.24) is 10.2 Å². The number of nitrogens with one attached hydrogen (secondary N) is 1. The van der Waals surface area contributed by atoms with Crippen LogP contribution >= 0.6 is 0 Å². The van der Waals surface area contributed by atoms with Crippen LogP contribution in [0.1, 0.15) is 5.89 Å². The predicted octanol–water partition coefficient (Wildman–Crippen LogP) is 3.96. The summed E-state index contributed by atoms with van der Waals surface area (Å²) in [5.41, 5.74) is 0. The second-order valence-electron chi connectivity index (χ2n) is 6.03. The minimum atomic E-state index is -0.557. The Bertz CT molecular complexity index is 1140. The molecule has 1 N–H and O–H groups in total. The zero-order valence-electron chi connectivity index (χ0n) is 15.2. The van der Waals surface area contributed by atoms with E-state index in [1.807, 2.05) is 42.5 Å². The van der Waals surface area contributed by atoms with Gasteiger partial charge in [-0.1, -0.05) is 53.6 Å². The van der Waals surface area contributed by atoms with Crippen LogP contribution in [-0.4, -0.2) is 22.7 Å². The molecule has 0 spiro atoms. The van der Waals surface area contributed by atoms with Gasteiger partial charge in [-0.05, 0) is 23.6 Å². The number of rotatable bonds is 7. The van der Waals surface area contributed by atoms with Crippen molar-refractivity contribution in [2.75, 3.05) is 11.9 Å². The van der Waals surface area contributed by atoms with Crippen molar-refractivity contribution in [3.8, 4) is 11.5 Å². The smallest absolute Gasteiger partial charge is 0.322 e. The van der Waals surface area contributed by atoms with Crippen molar-refractivity contribution in [3.63, 3.8) is 0 Å². The SMILES string of the molecule is O=C(COc1ccccc1F)Nc1nnc(COc2cccc3ccccc23)o1. The van der Waals surface area contributed by atoms with Gasteiger partial charge < -0.3 is 13.9 Å². The number of carbonyl (C=O) groups excluding carboxylic acids is 1. The number of benzene rings is 3. The van der Waals surface area contributed by atoms with Gasteiger partial charge in [0.1, 0.15) is 5.75 Å². The molecular formula is C21H16FN3O4. The van der Waals surface area contributed by atoms with Crippen LogP contribution in [0.5, 0.6) is 11.5 Å². The van der Waals surface area contributed by atoms with E-state index in [1.165, 1.54) is 18.2 Å². The quantitative estimate of drug-likeness (QED) is 0.512. The zero-order valence-corrected chi connectivity index (χ0v) is 15.2. The Balaban J connectivity index is 1.32. The Labute approximate surface area is 165 Å². The Hall–Kier alpha value is -3.94. The van der Waals surface area contributed by atoms with Gasteiger partial charge in [0.2, 0.25) is 0 Å². The van der Waals surface area contributed by atoms with Gasteiger partial charge in [0.15, 0.2) is 24.8 Å². The highest BCUT2D eigenvalue weighted by Crippen LogP contribution is 2.26. The van der Waals surface area contributed by atoms with Crippen LogP contribution in [0.2, 0.25) is 0 Å². The standard InChI is InChI=1S/C21H16FN3O4/c22-16-9-3-4-10-18(16)27-12-19(26)23-21-25-24-20(29-21)13-28-17-11-5-7-14-6-1-2-8-15(14)17/h1-11H,12-13H2,(H,23,25,26). The number of aromatic nitrogens is 2. The first-order valence-corrected chi connectivity index (χ1v) is 8.79. The van der Waals surface area contributed by atoms with Crippen LogP contribution in [-0.2, 0) is 11.4 Å². The fourth-order valence-electron chi connectivity index (χ4n) is 2.68. The molecule has 1 heterocycles. The molecule has 0 aliphatic carbocycles. The van der Waals surface area contributed by atoms with E-state index in [-0.39, 0.29) is 24.3 Å². The average Bonchev–Trinajstić information content (AvgIpc) is 3.19. The highest BCUT2D eigenvalue weighted by Gasteiger charge is 2.12. The van der Waals surface area contributed by atoms with Crippen LogP contribution < -0.4 is 14.8 Å². The van der Waals surface area contributed by atoms with E-state index >= 15 is 0 Å². The number of para-hydroxylation sites is 1. The zero-order chi connectivity index (χ0) is 20.1. The summed E-state index contributed by atoms with van der Waals surface area (Å²) in [6, 6.07) is 19.3. The van der Waals surface area contributed by atoms with Gasteiger partial charge in [-0.15, -0.1) is 5.10 Å². The highest BCUT2D eigenvalue weighted by atomic mass is 19.1. The summed E-state index contributed by atoms with van der Waals surface area (Å²) in [6.07, 6.45) is 0. The highest BCUT2D eigenvalue weighted by molar-refractivity contribution is 5.89. The molecule has 0 unspecified atom stereocenters. The summed E-state index contributed by atoms with van der Waals surface area (Å²) in [4.78, 5) is 11.9. The number of ether oxygens (including phenoxy) is 2. The summed E-state index contributed by atoms with van der Waals surface area (Å²) >= 11 is 0. The van der Waals surface area contributed by atoms with Gasteiger partial charge in [-0.2, -0.15) is 0 Å². The first-order valence-electron chi connectivity index (χ1n) is 8.79. The lowest BCUT2D eigenvalue weighted by atomic mass is 10.1. The second kappa shape index (κ2) is 8.39. The van der Waals surface area contributed by atoms with Crippen molar-refractivity contribution in [2.45, 2.75) is 6.61 Å². The van der Waals surface area contributed by atoms with Crippen LogP contribution in [0, 0.1) is 5.82 Å². The molecule has 0 aliphatic rings. The van der Waals surface area contributed by atoms with Crippen molar-refractivity contribution in [1.29, 1.82) is 0 Å². The molecular weight excluding hydrogens is 377 g/mol. The molecule has 8 heteroatoms. The third-order valence-corrected chi connectivity index (χ3v) is 4.01. The number of anilines is 1. The molecule has 1 amide bonds. The minimum absolute atomic E-state index is 0.0163. The Morgan fingerprint density at radius 1 is 0.931 bits per heavy atom. The van der Waals surface area contributed by atoms with Crippen molar-refractivity contribution < 1.29 is 23.1 Å². The van der Waals surface area contributed by atoms with Crippen LogP contribution in [0.25, 0.3) is 10.8 Å². The molecule has 146 valence electrons. The number of halogens is 1. The first-order chi connectivity index (χ1) is 14.2. The van der Waals surface area contributed by atoms with E-state index < -0.39 is 18.3 Å². The van der Waals surface area contributed by atoms with Crippen molar-refractivity contribution in [3.05, 3.63) is 78.4 Å². The molecule has 4 aromatic rings. The number of carbonyl (C=O) groups is 1. The third kappa shape index (κ3) is 4.49. The fourth-order valence-corrected chi connectivity index (χ4v) is 2.68. The number of nitrogens with zero attached hydrogens (tertiary/aromatic N) is 2. The molecule has 29 heavy (non-hydrogen) atoms. The summed E-state index contributed by atoms with van der Waals surface area (Å²) in [6.45, 7) is -0.353. The van der Waals surface area contributed by atoms with Gasteiger partial charge in [0, 0.05) is 5.39 Å². The number of hydrogen-bond acceptors (Lipinski definition) is 6. The fraction of sp³-hybridized carbons (Fsp3) is 0.0952. The molecule has 0 saturated carbocycles. The summed E-state index contributed by atoms with van der Waals surface area (Å²) in [5, 5.41) is 12.0. The number of amides is 1. The maximum atomic E-state index is 13.5. The van der Waals surface area contributed by atoms with Gasteiger partial charge in [0.25, 0.3) is 11.8 Å². The first kappa shape index (κ1) is 18.4. The molecule has 1 aromatic heterocycles. The third-order valence-electron chi connectivity index (χ3n) is 4.01. The van der Waals surface area contributed by atoms with Crippen LogP contribution in [0.15, 0.2) is 71.1 Å². The molecule has 0 saturated heterocycles. The van der Waals surface area contributed by atoms with Crippen LogP contribution in [0.3, 0.4) is 0 Å². The maximum Gasteiger partial charge on any atom is 0.322 e. The Morgan fingerprint density at radius 3 is 2.59 bits per heavy atom. The summed E-state index contributed by atoms with van der Waals surface area (Å²) < 4.78 is 29.7.